The number of benzene rings is 1. The van der Waals surface area contributed by atoms with Crippen molar-refractivity contribution in [1.82, 2.24) is 9.80 Å². The van der Waals surface area contributed by atoms with Crippen molar-refractivity contribution in [2.45, 2.75) is 32.4 Å². The van der Waals surface area contributed by atoms with Crippen LogP contribution in [0.2, 0.25) is 0 Å². The Hall–Kier alpha value is -2.68. The van der Waals surface area contributed by atoms with Crippen LogP contribution in [0.5, 0.6) is 5.75 Å². The molecule has 1 aromatic heterocycles. The Labute approximate surface area is 198 Å². The van der Waals surface area contributed by atoms with Crippen LogP contribution in [0.3, 0.4) is 0 Å². The zero-order chi connectivity index (χ0) is 23.4. The summed E-state index contributed by atoms with van der Waals surface area (Å²) in [5.41, 5.74) is 0.918. The van der Waals surface area contributed by atoms with Crippen LogP contribution in [0, 0.1) is 0 Å². The van der Waals surface area contributed by atoms with E-state index < -0.39 is 17.7 Å². The Kier molecular flexibility index (Phi) is 7.47. The summed E-state index contributed by atoms with van der Waals surface area (Å²) in [4.78, 5) is 30.8. The summed E-state index contributed by atoms with van der Waals surface area (Å²) in [6.45, 7) is 8.37. The minimum Gasteiger partial charge on any atom is -0.503 e. The van der Waals surface area contributed by atoms with Gasteiger partial charge >= 0.3 is 0 Å². The predicted molar refractivity (Wildman–Crippen MR) is 127 cm³/mol. The van der Waals surface area contributed by atoms with E-state index >= 15 is 0 Å². The molecule has 2 aromatic rings. The first-order valence-electron chi connectivity index (χ1n) is 11.3. The summed E-state index contributed by atoms with van der Waals surface area (Å²) in [6, 6.07) is 10.3. The number of carbonyl (C=O) groups is 2. The summed E-state index contributed by atoms with van der Waals surface area (Å²) in [6.07, 6.45) is 0.783. The van der Waals surface area contributed by atoms with Crippen LogP contribution in [0.15, 0.2) is 53.1 Å². The highest BCUT2D eigenvalue weighted by Gasteiger charge is 2.43. The Balaban J connectivity index is 1.59. The van der Waals surface area contributed by atoms with E-state index in [1.807, 2.05) is 43.5 Å². The summed E-state index contributed by atoms with van der Waals surface area (Å²) in [7, 11) is 0. The van der Waals surface area contributed by atoms with Crippen molar-refractivity contribution in [2.24, 2.45) is 0 Å². The molecule has 0 unspecified atom stereocenters. The van der Waals surface area contributed by atoms with Gasteiger partial charge in [-0.3, -0.25) is 14.5 Å². The van der Waals surface area contributed by atoms with Gasteiger partial charge in [0.15, 0.2) is 5.76 Å². The number of amides is 1. The highest BCUT2D eigenvalue weighted by molar-refractivity contribution is 7.12. The average molecular weight is 471 g/mol. The van der Waals surface area contributed by atoms with Gasteiger partial charge in [0.2, 0.25) is 5.78 Å². The third-order valence-corrected chi connectivity index (χ3v) is 6.71. The van der Waals surface area contributed by atoms with Crippen molar-refractivity contribution in [1.29, 1.82) is 0 Å². The second-order valence-corrected chi connectivity index (χ2v) is 9.46. The standard InChI is InChI=1S/C25H30N2O5S/c1-17(2)32-19-8-6-18(7-9-19)22-21(23(28)20-5-3-16-33-20)24(29)25(30)27(22)11-4-10-26-12-14-31-15-13-26/h3,5-9,16-17,22,29H,4,10-15H2,1-2H3/t22-/m1/s1. The smallest absolute Gasteiger partial charge is 0.290 e. The minimum atomic E-state index is -0.634. The number of ketones is 1. The van der Waals surface area contributed by atoms with Gasteiger partial charge in [0, 0.05) is 26.2 Å². The van der Waals surface area contributed by atoms with Gasteiger partial charge in [-0.25, -0.2) is 0 Å². The number of morpholine rings is 1. The van der Waals surface area contributed by atoms with Gasteiger partial charge in [-0.1, -0.05) is 18.2 Å². The quantitative estimate of drug-likeness (QED) is 0.561. The summed E-state index contributed by atoms with van der Waals surface area (Å²) >= 11 is 1.30. The molecule has 33 heavy (non-hydrogen) atoms. The zero-order valence-electron chi connectivity index (χ0n) is 19.0. The maximum atomic E-state index is 13.3. The molecular formula is C25H30N2O5S. The third-order valence-electron chi connectivity index (χ3n) is 5.84. The molecule has 3 heterocycles. The van der Waals surface area contributed by atoms with E-state index in [1.54, 1.807) is 17.0 Å². The molecule has 7 nitrogen and oxygen atoms in total. The van der Waals surface area contributed by atoms with Crippen LogP contribution >= 0.6 is 11.3 Å². The number of ether oxygens (including phenoxy) is 2. The first-order chi connectivity index (χ1) is 16.0. The Morgan fingerprint density at radius 3 is 2.55 bits per heavy atom. The number of aliphatic hydroxyl groups excluding tert-OH is 1. The van der Waals surface area contributed by atoms with Gasteiger partial charge in [0.05, 0.1) is 35.8 Å². The lowest BCUT2D eigenvalue weighted by molar-refractivity contribution is -0.129. The van der Waals surface area contributed by atoms with Crippen molar-refractivity contribution < 1.29 is 24.2 Å². The molecule has 176 valence electrons. The maximum Gasteiger partial charge on any atom is 0.290 e. The van der Waals surface area contributed by atoms with Crippen LogP contribution in [0.25, 0.3) is 0 Å². The van der Waals surface area contributed by atoms with Gasteiger partial charge in [-0.15, -0.1) is 11.3 Å². The Bertz CT molecular complexity index is 994. The number of rotatable bonds is 9. The lowest BCUT2D eigenvalue weighted by Gasteiger charge is -2.30. The van der Waals surface area contributed by atoms with Crippen molar-refractivity contribution in [3.8, 4) is 5.75 Å². The van der Waals surface area contributed by atoms with Crippen LogP contribution in [0.4, 0.5) is 0 Å². The average Bonchev–Trinajstić information content (AvgIpc) is 3.43. The molecular weight excluding hydrogens is 440 g/mol. The molecule has 1 atom stereocenters. The van der Waals surface area contributed by atoms with E-state index in [4.69, 9.17) is 9.47 Å². The molecule has 2 aliphatic rings. The molecule has 4 rings (SSSR count). The highest BCUT2D eigenvalue weighted by atomic mass is 32.1. The predicted octanol–water partition coefficient (Wildman–Crippen LogP) is 3.84. The number of hydrogen-bond donors (Lipinski definition) is 1. The van der Waals surface area contributed by atoms with Gasteiger partial charge in [0.25, 0.3) is 5.91 Å². The molecule has 8 heteroatoms. The SMILES string of the molecule is CC(C)Oc1ccc([C@@H]2C(C(=O)c3cccs3)=C(O)C(=O)N2CCCN2CCOCC2)cc1. The van der Waals surface area contributed by atoms with Gasteiger partial charge in [-0.05, 0) is 49.4 Å². The van der Waals surface area contributed by atoms with Crippen LogP contribution in [0.1, 0.15) is 41.5 Å². The largest absolute Gasteiger partial charge is 0.503 e. The van der Waals surface area contributed by atoms with E-state index in [1.165, 1.54) is 11.3 Å². The second-order valence-electron chi connectivity index (χ2n) is 8.51. The zero-order valence-corrected chi connectivity index (χ0v) is 19.8. The lowest BCUT2D eigenvalue weighted by Crippen LogP contribution is -2.39. The van der Waals surface area contributed by atoms with E-state index in [0.29, 0.717) is 11.4 Å². The molecule has 0 saturated carbocycles. The second kappa shape index (κ2) is 10.5. The normalized spacial score (nSPS) is 19.5. The van der Waals surface area contributed by atoms with E-state index in [2.05, 4.69) is 4.90 Å². The van der Waals surface area contributed by atoms with Gasteiger partial charge in [-0.2, -0.15) is 0 Å². The molecule has 1 fully saturated rings. The molecule has 1 aromatic carbocycles. The van der Waals surface area contributed by atoms with E-state index in [0.717, 1.165) is 50.6 Å². The number of aliphatic hydroxyl groups is 1. The first-order valence-corrected chi connectivity index (χ1v) is 12.2. The summed E-state index contributed by atoms with van der Waals surface area (Å²) in [5.74, 6) is -0.535. The van der Waals surface area contributed by atoms with Gasteiger partial charge in [0.1, 0.15) is 5.75 Å². The molecule has 0 bridgehead atoms. The number of Topliss-reactive ketones (excluding diaryl/α,β-unsaturated/α-hetero) is 1. The fourth-order valence-corrected chi connectivity index (χ4v) is 4.97. The topological polar surface area (TPSA) is 79.3 Å². The molecule has 0 aliphatic carbocycles. The Morgan fingerprint density at radius 2 is 1.91 bits per heavy atom. The fourth-order valence-electron chi connectivity index (χ4n) is 4.29. The molecule has 1 saturated heterocycles. The van der Waals surface area contributed by atoms with Crippen LogP contribution in [-0.4, -0.2) is 72.1 Å². The molecule has 0 radical (unpaired) electrons. The molecule has 0 spiro atoms. The van der Waals surface area contributed by atoms with E-state index in [-0.39, 0.29) is 17.5 Å². The third kappa shape index (κ3) is 5.29. The summed E-state index contributed by atoms with van der Waals surface area (Å²) < 4.78 is 11.1. The van der Waals surface area contributed by atoms with Gasteiger partial charge < -0.3 is 19.5 Å². The summed E-state index contributed by atoms with van der Waals surface area (Å²) in [5, 5.41) is 12.6. The first kappa shape index (κ1) is 23.5. The van der Waals surface area contributed by atoms with Crippen LogP contribution < -0.4 is 4.74 Å². The van der Waals surface area contributed by atoms with Crippen LogP contribution in [-0.2, 0) is 9.53 Å². The van der Waals surface area contributed by atoms with E-state index in [9.17, 15) is 14.7 Å². The fraction of sp³-hybridized carbons (Fsp3) is 0.440. The monoisotopic (exact) mass is 470 g/mol. The Morgan fingerprint density at radius 1 is 1.18 bits per heavy atom. The molecule has 2 aliphatic heterocycles. The molecule has 1 amide bonds. The van der Waals surface area contributed by atoms with Crippen molar-refractivity contribution in [2.75, 3.05) is 39.4 Å². The van der Waals surface area contributed by atoms with Crippen molar-refractivity contribution >= 4 is 23.0 Å². The highest BCUT2D eigenvalue weighted by Crippen LogP contribution is 2.40. The van der Waals surface area contributed by atoms with Crippen molar-refractivity contribution in [3.05, 3.63) is 63.6 Å². The number of nitrogens with zero attached hydrogens (tertiary/aromatic N) is 2. The molecule has 1 N–H and O–H groups in total. The minimum absolute atomic E-state index is 0.0421. The number of hydrogen-bond acceptors (Lipinski definition) is 7. The maximum absolute atomic E-state index is 13.3. The van der Waals surface area contributed by atoms with Crippen molar-refractivity contribution in [3.63, 3.8) is 0 Å². The lowest BCUT2D eigenvalue weighted by atomic mass is 9.95. The number of carbonyl (C=O) groups excluding carboxylic acids is 2. The number of thiophene rings is 1.